The van der Waals surface area contributed by atoms with Gasteiger partial charge in [0, 0.05) is 0 Å². The second-order valence-corrected chi connectivity index (χ2v) is 2.02. The minimum Gasteiger partial charge on any atom is -0.872 e. The predicted molar refractivity (Wildman–Crippen MR) is 39.0 cm³/mol. The quantitative estimate of drug-likeness (QED) is 0.499. The molecule has 0 saturated carbocycles. The van der Waals surface area contributed by atoms with Crippen molar-refractivity contribution in [3.05, 3.63) is 18.2 Å². The fourth-order valence-corrected chi connectivity index (χ4v) is 0.817. The van der Waals surface area contributed by atoms with Crippen LogP contribution in [0.4, 0.5) is 0 Å². The molecule has 0 heterocycles. The average Bonchev–Trinajstić information content (AvgIpc) is 2.04. The van der Waals surface area contributed by atoms with Gasteiger partial charge in [-0.05, 0) is 12.1 Å². The standard InChI is InChI=1S/C8H10O3.K/c1-10-7-4-3-6(9)5-8(7)11-2;/h3-5,9H,1-2H3;/q;+1/p-1. The number of methoxy groups -OCH3 is 2. The Labute approximate surface area is 114 Å². The molecule has 0 fully saturated rings. The van der Waals surface area contributed by atoms with Gasteiger partial charge >= 0.3 is 51.4 Å². The van der Waals surface area contributed by atoms with Gasteiger partial charge in [0.25, 0.3) is 0 Å². The minimum atomic E-state index is -0.0809. The van der Waals surface area contributed by atoms with Crippen molar-refractivity contribution in [1.82, 2.24) is 0 Å². The predicted octanol–water partition coefficient (Wildman–Crippen LogP) is -2.22. The Morgan fingerprint density at radius 3 is 2.17 bits per heavy atom. The maximum Gasteiger partial charge on any atom is 1.00 e. The Morgan fingerprint density at radius 1 is 1.08 bits per heavy atom. The molecule has 0 unspecified atom stereocenters. The molecule has 4 heteroatoms. The first-order valence-corrected chi connectivity index (χ1v) is 3.17. The first-order chi connectivity index (χ1) is 5.27. The van der Waals surface area contributed by atoms with Crippen LogP contribution in [0.25, 0.3) is 0 Å². The monoisotopic (exact) mass is 192 g/mol. The molecule has 12 heavy (non-hydrogen) atoms. The number of rotatable bonds is 2. The Hall–Kier alpha value is 0.256. The maximum atomic E-state index is 10.8. The molecule has 0 amide bonds. The topological polar surface area (TPSA) is 41.5 Å². The van der Waals surface area contributed by atoms with E-state index in [1.807, 2.05) is 0 Å². The zero-order valence-electron chi connectivity index (χ0n) is 7.46. The number of hydrogen-bond acceptors (Lipinski definition) is 3. The van der Waals surface area contributed by atoms with Crippen molar-refractivity contribution in [1.29, 1.82) is 0 Å². The molecular formula is C8H9KO3. The van der Waals surface area contributed by atoms with Gasteiger partial charge in [0.05, 0.1) is 14.2 Å². The van der Waals surface area contributed by atoms with E-state index in [9.17, 15) is 5.11 Å². The third-order valence-electron chi connectivity index (χ3n) is 1.36. The summed E-state index contributed by atoms with van der Waals surface area (Å²) in [6.45, 7) is 0. The van der Waals surface area contributed by atoms with Gasteiger partial charge in [0.1, 0.15) is 0 Å². The molecule has 0 aliphatic heterocycles. The summed E-state index contributed by atoms with van der Waals surface area (Å²) in [5.41, 5.74) is 0. The van der Waals surface area contributed by atoms with Crippen LogP contribution in [0.3, 0.4) is 0 Å². The van der Waals surface area contributed by atoms with E-state index < -0.39 is 0 Å². The van der Waals surface area contributed by atoms with Crippen molar-refractivity contribution in [2.75, 3.05) is 14.2 Å². The van der Waals surface area contributed by atoms with E-state index >= 15 is 0 Å². The van der Waals surface area contributed by atoms with Crippen LogP contribution in [-0.2, 0) is 0 Å². The molecule has 1 aromatic carbocycles. The summed E-state index contributed by atoms with van der Waals surface area (Å²) in [4.78, 5) is 0. The summed E-state index contributed by atoms with van der Waals surface area (Å²) >= 11 is 0. The van der Waals surface area contributed by atoms with Crippen molar-refractivity contribution in [2.24, 2.45) is 0 Å². The van der Waals surface area contributed by atoms with E-state index in [1.165, 1.54) is 26.4 Å². The molecule has 0 aliphatic carbocycles. The molecular weight excluding hydrogens is 183 g/mol. The Kier molecular flexibility index (Phi) is 5.95. The van der Waals surface area contributed by atoms with Crippen LogP contribution in [0.1, 0.15) is 0 Å². The molecule has 3 nitrogen and oxygen atoms in total. The third kappa shape index (κ3) is 2.95. The second-order valence-electron chi connectivity index (χ2n) is 2.02. The van der Waals surface area contributed by atoms with Crippen molar-refractivity contribution >= 4 is 0 Å². The minimum absolute atomic E-state index is 0. The van der Waals surface area contributed by atoms with E-state index in [-0.39, 0.29) is 57.1 Å². The number of hydrogen-bond donors (Lipinski definition) is 0. The van der Waals surface area contributed by atoms with E-state index in [4.69, 9.17) is 9.47 Å². The molecule has 1 aromatic rings. The fraction of sp³-hybridized carbons (Fsp3) is 0.250. The summed E-state index contributed by atoms with van der Waals surface area (Å²) in [7, 11) is 3.03. The molecule has 0 aromatic heterocycles. The molecule has 0 radical (unpaired) electrons. The normalized spacial score (nSPS) is 8.50. The Bertz CT molecular complexity index is 250. The van der Waals surface area contributed by atoms with Crippen LogP contribution < -0.4 is 66.0 Å². The van der Waals surface area contributed by atoms with E-state index in [2.05, 4.69) is 0 Å². The Balaban J connectivity index is 0.00000121. The first kappa shape index (κ1) is 12.3. The van der Waals surface area contributed by atoms with E-state index in [0.29, 0.717) is 11.5 Å². The summed E-state index contributed by atoms with van der Waals surface area (Å²) in [5, 5.41) is 10.8. The van der Waals surface area contributed by atoms with Crippen molar-refractivity contribution < 1.29 is 66.0 Å². The molecule has 0 N–H and O–H groups in total. The zero-order valence-corrected chi connectivity index (χ0v) is 10.6. The van der Waals surface area contributed by atoms with Gasteiger partial charge in [-0.15, -0.1) is 5.75 Å². The zero-order chi connectivity index (χ0) is 8.27. The summed E-state index contributed by atoms with van der Waals surface area (Å²) in [5.74, 6) is 0.967. The first-order valence-electron chi connectivity index (χ1n) is 3.17. The SMILES string of the molecule is COc1ccc([O-])cc1OC.[K+]. The van der Waals surface area contributed by atoms with Crippen LogP contribution in [-0.4, -0.2) is 14.2 Å². The maximum absolute atomic E-state index is 10.8. The molecule has 0 bridgehead atoms. The largest absolute Gasteiger partial charge is 1.00 e. The second kappa shape index (κ2) is 5.83. The third-order valence-corrected chi connectivity index (χ3v) is 1.36. The van der Waals surface area contributed by atoms with Crippen molar-refractivity contribution in [3.63, 3.8) is 0 Å². The Morgan fingerprint density at radius 2 is 1.67 bits per heavy atom. The molecule has 60 valence electrons. The van der Waals surface area contributed by atoms with Crippen LogP contribution in [0, 0.1) is 0 Å². The molecule has 0 aliphatic rings. The smallest absolute Gasteiger partial charge is 0.872 e. The van der Waals surface area contributed by atoms with Gasteiger partial charge in [-0.3, -0.25) is 0 Å². The van der Waals surface area contributed by atoms with Gasteiger partial charge in [-0.2, -0.15) is 0 Å². The summed E-state index contributed by atoms with van der Waals surface area (Å²) in [6.07, 6.45) is 0. The molecule has 1 rings (SSSR count). The van der Waals surface area contributed by atoms with Crippen LogP contribution in [0.15, 0.2) is 18.2 Å². The van der Waals surface area contributed by atoms with Crippen molar-refractivity contribution in [2.45, 2.75) is 0 Å². The number of ether oxygens (including phenoxy) is 2. The van der Waals surface area contributed by atoms with E-state index in [1.54, 1.807) is 6.07 Å². The fourth-order valence-electron chi connectivity index (χ4n) is 0.817. The molecule has 0 spiro atoms. The van der Waals surface area contributed by atoms with Gasteiger partial charge in [0.15, 0.2) is 11.5 Å². The molecule has 0 saturated heterocycles. The van der Waals surface area contributed by atoms with E-state index in [0.717, 1.165) is 0 Å². The van der Waals surface area contributed by atoms with Gasteiger partial charge in [-0.1, -0.05) is 6.07 Å². The summed E-state index contributed by atoms with van der Waals surface area (Å²) in [6, 6.07) is 4.40. The van der Waals surface area contributed by atoms with Crippen LogP contribution in [0.5, 0.6) is 17.2 Å². The number of benzene rings is 1. The van der Waals surface area contributed by atoms with Gasteiger partial charge in [0.2, 0.25) is 0 Å². The van der Waals surface area contributed by atoms with Crippen molar-refractivity contribution in [3.8, 4) is 17.2 Å². The van der Waals surface area contributed by atoms with Crippen LogP contribution >= 0.6 is 0 Å². The van der Waals surface area contributed by atoms with Gasteiger partial charge < -0.3 is 14.6 Å². The van der Waals surface area contributed by atoms with Gasteiger partial charge in [-0.25, -0.2) is 0 Å². The summed E-state index contributed by atoms with van der Waals surface area (Å²) < 4.78 is 9.82. The average molecular weight is 192 g/mol. The van der Waals surface area contributed by atoms with Crippen LogP contribution in [0.2, 0.25) is 0 Å². The molecule has 0 atom stereocenters.